The van der Waals surface area contributed by atoms with Crippen LogP contribution in [0.3, 0.4) is 0 Å². The molecule has 1 saturated heterocycles. The molecule has 0 N–H and O–H groups in total. The molecule has 1 aliphatic heterocycles. The normalized spacial score (nSPS) is 41.6. The molecule has 0 aromatic rings. The van der Waals surface area contributed by atoms with Gasteiger partial charge in [-0.1, -0.05) is 25.5 Å². The molecule has 28 heavy (non-hydrogen) atoms. The molecule has 0 unspecified atom stereocenters. The maximum Gasteiger partial charge on any atom is 0.172 e. The highest BCUT2D eigenvalue weighted by Gasteiger charge is 2.58. The quantitative estimate of drug-likeness (QED) is 0.572. The van der Waals surface area contributed by atoms with Gasteiger partial charge in [-0.3, -0.25) is 0 Å². The van der Waals surface area contributed by atoms with E-state index in [0.717, 1.165) is 50.9 Å². The van der Waals surface area contributed by atoms with Gasteiger partial charge in [-0.25, -0.2) is 0 Å². The topological polar surface area (TPSA) is 27.7 Å². The van der Waals surface area contributed by atoms with Crippen LogP contribution in [0.1, 0.15) is 78.1 Å². The number of methoxy groups -OCH3 is 1. The molecule has 1 heterocycles. The van der Waals surface area contributed by atoms with Crippen molar-refractivity contribution in [1.82, 2.24) is 0 Å². The Morgan fingerprint density at radius 2 is 1.93 bits per heavy atom. The number of hydrogen-bond donors (Lipinski definition) is 0. The number of fused-ring (bicyclic) bond motifs is 4. The van der Waals surface area contributed by atoms with Crippen LogP contribution in [-0.4, -0.2) is 32.7 Å². The Kier molecular flexibility index (Phi) is 4.80. The predicted molar refractivity (Wildman–Crippen MR) is 111 cm³/mol. The molecular formula is C25H38O3. The summed E-state index contributed by atoms with van der Waals surface area (Å²) in [5, 5.41) is 0. The van der Waals surface area contributed by atoms with Crippen molar-refractivity contribution in [2.24, 2.45) is 22.7 Å². The molecule has 4 atom stereocenters. The van der Waals surface area contributed by atoms with Crippen molar-refractivity contribution in [2.75, 3.05) is 26.9 Å². The Morgan fingerprint density at radius 1 is 1.11 bits per heavy atom. The highest BCUT2D eigenvalue weighted by Crippen LogP contribution is 2.67. The summed E-state index contributed by atoms with van der Waals surface area (Å²) in [5.41, 5.74) is 6.02. The van der Waals surface area contributed by atoms with Gasteiger partial charge in [-0.05, 0) is 85.2 Å². The summed E-state index contributed by atoms with van der Waals surface area (Å²) in [5.74, 6) is 1.38. The van der Waals surface area contributed by atoms with Gasteiger partial charge in [0.25, 0.3) is 0 Å². The number of hydrogen-bond acceptors (Lipinski definition) is 3. The SMILES string of the molecule is COCCC[C@@]1(C)CC[C@H]2[C@@H]3CCC4=C(CCC5(C4)OCCO5)C3=CC[C@@]21C. The minimum absolute atomic E-state index is 0.275. The lowest BCUT2D eigenvalue weighted by Crippen LogP contribution is -2.44. The molecule has 156 valence electrons. The third-order valence-corrected chi connectivity index (χ3v) is 9.50. The average molecular weight is 387 g/mol. The standard InChI is InChI=1S/C25H38O3/c1-23(10-4-14-26-3)11-9-22-21-6-5-18-17-25(27-15-16-28-25)13-8-19(18)20(21)7-12-24(22,23)2/h7,21-22H,4-6,8-17H2,1-3H3/t21-,22+,23+,24+/m1/s1. The molecule has 0 bridgehead atoms. The Bertz CT molecular complexity index is 686. The third kappa shape index (κ3) is 2.80. The Morgan fingerprint density at radius 3 is 2.71 bits per heavy atom. The summed E-state index contributed by atoms with van der Waals surface area (Å²) in [6, 6.07) is 0. The van der Waals surface area contributed by atoms with Gasteiger partial charge in [0.2, 0.25) is 0 Å². The maximum atomic E-state index is 6.04. The second-order valence-electron chi connectivity index (χ2n) is 10.6. The lowest BCUT2D eigenvalue weighted by Gasteiger charge is -2.52. The van der Waals surface area contributed by atoms with Crippen LogP contribution in [0.2, 0.25) is 0 Å². The van der Waals surface area contributed by atoms with E-state index in [-0.39, 0.29) is 5.79 Å². The highest BCUT2D eigenvalue weighted by molar-refractivity contribution is 5.44. The first-order chi connectivity index (χ1) is 13.5. The first-order valence-electron chi connectivity index (χ1n) is 11.7. The van der Waals surface area contributed by atoms with Crippen LogP contribution in [0.5, 0.6) is 0 Å². The van der Waals surface area contributed by atoms with Crippen molar-refractivity contribution >= 4 is 0 Å². The van der Waals surface area contributed by atoms with E-state index in [1.807, 2.05) is 7.11 Å². The van der Waals surface area contributed by atoms with Gasteiger partial charge in [-0.2, -0.15) is 0 Å². The molecule has 5 rings (SSSR count). The molecule has 0 aromatic heterocycles. The van der Waals surface area contributed by atoms with Crippen molar-refractivity contribution in [2.45, 2.75) is 83.8 Å². The average Bonchev–Trinajstić information content (AvgIpc) is 3.24. The smallest absolute Gasteiger partial charge is 0.172 e. The van der Waals surface area contributed by atoms with Gasteiger partial charge in [-0.15, -0.1) is 0 Å². The minimum atomic E-state index is -0.275. The van der Waals surface area contributed by atoms with Gasteiger partial charge < -0.3 is 14.2 Å². The molecule has 3 heteroatoms. The van der Waals surface area contributed by atoms with Crippen LogP contribution >= 0.6 is 0 Å². The molecule has 0 aromatic carbocycles. The van der Waals surface area contributed by atoms with Gasteiger partial charge in [0.1, 0.15) is 0 Å². The molecule has 4 aliphatic carbocycles. The number of ether oxygens (including phenoxy) is 3. The van der Waals surface area contributed by atoms with Gasteiger partial charge in [0.05, 0.1) is 13.2 Å². The molecule has 5 aliphatic rings. The van der Waals surface area contributed by atoms with Gasteiger partial charge in [0.15, 0.2) is 5.79 Å². The van der Waals surface area contributed by atoms with Crippen LogP contribution in [-0.2, 0) is 14.2 Å². The van der Waals surface area contributed by atoms with Crippen molar-refractivity contribution in [3.05, 3.63) is 22.8 Å². The maximum absolute atomic E-state index is 6.04. The van der Waals surface area contributed by atoms with Crippen LogP contribution in [0, 0.1) is 22.7 Å². The van der Waals surface area contributed by atoms with E-state index in [4.69, 9.17) is 14.2 Å². The first kappa shape index (κ1) is 19.3. The van der Waals surface area contributed by atoms with E-state index in [1.54, 1.807) is 16.7 Å². The van der Waals surface area contributed by atoms with Crippen molar-refractivity contribution < 1.29 is 14.2 Å². The monoisotopic (exact) mass is 386 g/mol. The molecule has 1 saturated carbocycles. The lowest BCUT2D eigenvalue weighted by atomic mass is 9.53. The van der Waals surface area contributed by atoms with Crippen LogP contribution in [0.25, 0.3) is 0 Å². The van der Waals surface area contributed by atoms with E-state index in [9.17, 15) is 0 Å². The van der Waals surface area contributed by atoms with Crippen molar-refractivity contribution in [3.8, 4) is 0 Å². The summed E-state index contributed by atoms with van der Waals surface area (Å²) in [6.45, 7) is 7.65. The molecule has 2 fully saturated rings. The number of rotatable bonds is 4. The Balaban J connectivity index is 1.40. The van der Waals surface area contributed by atoms with Crippen molar-refractivity contribution in [1.29, 1.82) is 0 Å². The highest BCUT2D eigenvalue weighted by atomic mass is 16.7. The summed E-state index contributed by atoms with van der Waals surface area (Å²) >= 11 is 0. The summed E-state index contributed by atoms with van der Waals surface area (Å²) in [4.78, 5) is 0. The molecule has 0 amide bonds. The zero-order valence-corrected chi connectivity index (χ0v) is 18.1. The van der Waals surface area contributed by atoms with Gasteiger partial charge >= 0.3 is 0 Å². The largest absolute Gasteiger partial charge is 0.385 e. The van der Waals surface area contributed by atoms with Crippen molar-refractivity contribution in [3.63, 3.8) is 0 Å². The Labute approximate surface area is 170 Å². The second-order valence-corrected chi connectivity index (χ2v) is 10.6. The van der Waals surface area contributed by atoms with E-state index in [2.05, 4.69) is 19.9 Å². The fourth-order valence-corrected chi connectivity index (χ4v) is 7.65. The van der Waals surface area contributed by atoms with E-state index in [0.29, 0.717) is 10.8 Å². The van der Waals surface area contributed by atoms with E-state index < -0.39 is 0 Å². The molecule has 0 radical (unpaired) electrons. The fourth-order valence-electron chi connectivity index (χ4n) is 7.65. The summed E-state index contributed by atoms with van der Waals surface area (Å²) in [7, 11) is 1.83. The zero-order chi connectivity index (χ0) is 19.4. The van der Waals surface area contributed by atoms with E-state index >= 15 is 0 Å². The minimum Gasteiger partial charge on any atom is -0.385 e. The second kappa shape index (κ2) is 6.96. The number of allylic oxidation sites excluding steroid dienone is 3. The van der Waals surface area contributed by atoms with Crippen LogP contribution < -0.4 is 0 Å². The summed E-state index contributed by atoms with van der Waals surface area (Å²) < 4.78 is 17.4. The van der Waals surface area contributed by atoms with Crippen LogP contribution in [0.15, 0.2) is 22.8 Å². The van der Waals surface area contributed by atoms with Gasteiger partial charge in [0, 0.05) is 26.6 Å². The van der Waals surface area contributed by atoms with E-state index in [1.165, 1.54) is 44.9 Å². The molecular weight excluding hydrogens is 348 g/mol. The first-order valence-corrected chi connectivity index (χ1v) is 11.7. The fraction of sp³-hybridized carbons (Fsp3) is 0.840. The predicted octanol–water partition coefficient (Wildman–Crippen LogP) is 5.80. The summed E-state index contributed by atoms with van der Waals surface area (Å²) in [6.07, 6.45) is 15.1. The molecule has 3 nitrogen and oxygen atoms in total. The van der Waals surface area contributed by atoms with Crippen LogP contribution in [0.4, 0.5) is 0 Å². The Hall–Kier alpha value is -0.640. The molecule has 1 spiro atoms. The third-order valence-electron chi connectivity index (χ3n) is 9.50. The zero-order valence-electron chi connectivity index (χ0n) is 18.1. The lowest BCUT2D eigenvalue weighted by molar-refractivity contribution is -0.164.